The molecule has 0 aromatic rings. The zero-order chi connectivity index (χ0) is 18.4. The van der Waals surface area contributed by atoms with Crippen LogP contribution >= 0.6 is 23.5 Å². The zero-order valence-electron chi connectivity index (χ0n) is 17.4. The van der Waals surface area contributed by atoms with Crippen molar-refractivity contribution in [1.29, 1.82) is 0 Å². The smallest absolute Gasteiger partial charge is 0.0553 e. The Bertz CT molecular complexity index is 456. The van der Waals surface area contributed by atoms with Crippen molar-refractivity contribution in [3.63, 3.8) is 0 Å². The lowest BCUT2D eigenvalue weighted by atomic mass is 9.79. The second-order valence-corrected chi connectivity index (χ2v) is 17.0. The Kier molecular flexibility index (Phi) is 8.75. The van der Waals surface area contributed by atoms with Crippen LogP contribution in [0.3, 0.4) is 0 Å². The molecule has 1 aliphatic carbocycles. The van der Waals surface area contributed by atoms with Gasteiger partial charge in [0.15, 0.2) is 0 Å². The summed E-state index contributed by atoms with van der Waals surface area (Å²) in [6, 6.07) is 0. The minimum absolute atomic E-state index is 0.913. The van der Waals surface area contributed by atoms with E-state index in [1.807, 2.05) is 0 Å². The first-order valence-electron chi connectivity index (χ1n) is 10.4. The Morgan fingerprint density at radius 1 is 0.960 bits per heavy atom. The van der Waals surface area contributed by atoms with Gasteiger partial charge in [-0.2, -0.15) is 0 Å². The Balaban J connectivity index is 2.14. The number of thioether (sulfide) groups is 2. The number of rotatable bonds is 3. The van der Waals surface area contributed by atoms with Crippen LogP contribution in [-0.2, 0) is 0 Å². The van der Waals surface area contributed by atoms with Crippen molar-refractivity contribution in [2.45, 2.75) is 90.4 Å². The molecule has 3 atom stereocenters. The van der Waals surface area contributed by atoms with Crippen LogP contribution in [0.4, 0.5) is 0 Å². The van der Waals surface area contributed by atoms with Crippen molar-refractivity contribution < 1.29 is 0 Å². The van der Waals surface area contributed by atoms with Crippen LogP contribution in [0.2, 0.25) is 24.2 Å². The molecule has 3 heteroatoms. The number of hydrogen-bond donors (Lipinski definition) is 0. The van der Waals surface area contributed by atoms with Crippen LogP contribution in [0.25, 0.3) is 0 Å². The van der Waals surface area contributed by atoms with E-state index in [9.17, 15) is 0 Å². The summed E-state index contributed by atoms with van der Waals surface area (Å²) in [5.41, 5.74) is 1.86. The molecule has 2 rings (SSSR count). The van der Waals surface area contributed by atoms with E-state index < -0.39 is 8.07 Å². The zero-order valence-corrected chi connectivity index (χ0v) is 20.1. The molecule has 0 aromatic heterocycles. The summed E-state index contributed by atoms with van der Waals surface area (Å²) in [5.74, 6) is 4.61. The van der Waals surface area contributed by atoms with Gasteiger partial charge in [-0.15, -0.1) is 23.5 Å². The Hall–Kier alpha value is 0.397. The van der Waals surface area contributed by atoms with E-state index in [0.29, 0.717) is 0 Å². The predicted molar refractivity (Wildman–Crippen MR) is 123 cm³/mol. The largest absolute Gasteiger partial charge is 0.131 e. The summed E-state index contributed by atoms with van der Waals surface area (Å²) < 4.78 is 0. The molecule has 1 fully saturated rings. The highest BCUT2D eigenvalue weighted by Gasteiger charge is 2.42. The van der Waals surface area contributed by atoms with Crippen LogP contribution in [0.1, 0.15) is 66.2 Å². The molecule has 25 heavy (non-hydrogen) atoms. The molecular weight excluding hydrogens is 356 g/mol. The summed E-state index contributed by atoms with van der Waals surface area (Å²) in [6.07, 6.45) is 13.2. The van der Waals surface area contributed by atoms with E-state index >= 15 is 0 Å². The van der Waals surface area contributed by atoms with Gasteiger partial charge in [0, 0.05) is 0 Å². The fraction of sp³-hybridized carbons (Fsp3) is 0.818. The van der Waals surface area contributed by atoms with Gasteiger partial charge in [-0.1, -0.05) is 64.8 Å². The van der Waals surface area contributed by atoms with Crippen molar-refractivity contribution in [2.75, 3.05) is 11.5 Å². The molecule has 0 amide bonds. The molecule has 144 valence electrons. The first kappa shape index (κ1) is 21.7. The minimum Gasteiger partial charge on any atom is -0.131 e. The summed E-state index contributed by atoms with van der Waals surface area (Å²) in [6.45, 7) is 15.2. The molecule has 1 saturated carbocycles. The van der Waals surface area contributed by atoms with Crippen LogP contribution in [0.5, 0.6) is 0 Å². The third-order valence-electron chi connectivity index (χ3n) is 7.10. The standard InChI is InChI=1S/C22H40S2Si/c1-17-11-7-10-14-22(17)20(4)25(5,6)21-15-23-18(2)12-8-9-13-19(3)24-16-21/h12-13,17,20-22H,7-11,14-16H2,1-6H3/b18-12-,19-13-/t17-,20?,22?/m0/s1. The molecule has 0 N–H and O–H groups in total. The lowest BCUT2D eigenvalue weighted by Gasteiger charge is -2.45. The predicted octanol–water partition coefficient (Wildman–Crippen LogP) is 8.35. The quantitative estimate of drug-likeness (QED) is 0.439. The van der Waals surface area contributed by atoms with Gasteiger partial charge < -0.3 is 0 Å². The van der Waals surface area contributed by atoms with Crippen molar-refractivity contribution >= 4 is 31.6 Å². The number of hydrogen-bond acceptors (Lipinski definition) is 2. The molecule has 1 heterocycles. The topological polar surface area (TPSA) is 0 Å². The highest BCUT2D eigenvalue weighted by molar-refractivity contribution is 8.04. The molecule has 0 nitrogen and oxygen atoms in total. The van der Waals surface area contributed by atoms with Crippen LogP contribution in [0, 0.1) is 11.8 Å². The van der Waals surface area contributed by atoms with E-state index in [1.54, 1.807) is 9.81 Å². The molecule has 2 aliphatic rings. The molecule has 1 aliphatic heterocycles. The van der Waals surface area contributed by atoms with E-state index in [4.69, 9.17) is 0 Å². The van der Waals surface area contributed by atoms with Gasteiger partial charge in [-0.05, 0) is 70.9 Å². The fourth-order valence-corrected chi connectivity index (χ4v) is 12.7. The monoisotopic (exact) mass is 396 g/mol. The van der Waals surface area contributed by atoms with Crippen molar-refractivity contribution in [3.8, 4) is 0 Å². The van der Waals surface area contributed by atoms with E-state index in [0.717, 1.165) is 22.9 Å². The molecule has 2 unspecified atom stereocenters. The van der Waals surface area contributed by atoms with Gasteiger partial charge in [0.25, 0.3) is 0 Å². The van der Waals surface area contributed by atoms with Crippen LogP contribution < -0.4 is 0 Å². The van der Waals surface area contributed by atoms with Crippen molar-refractivity contribution in [1.82, 2.24) is 0 Å². The summed E-state index contributed by atoms with van der Waals surface area (Å²) in [7, 11) is -1.30. The maximum Gasteiger partial charge on any atom is 0.0553 e. The Labute approximate surface area is 167 Å². The first-order valence-corrected chi connectivity index (χ1v) is 15.5. The third kappa shape index (κ3) is 6.21. The Morgan fingerprint density at radius 2 is 1.48 bits per heavy atom. The molecule has 0 spiro atoms. The maximum absolute atomic E-state index is 2.71. The maximum atomic E-state index is 2.71. The second kappa shape index (κ2) is 10.1. The van der Waals surface area contributed by atoms with Gasteiger partial charge >= 0.3 is 0 Å². The molecule has 0 radical (unpaired) electrons. The lowest BCUT2D eigenvalue weighted by Crippen LogP contribution is -2.44. The molecule has 0 bridgehead atoms. The number of allylic oxidation sites excluding steroid dienone is 4. The minimum atomic E-state index is -1.30. The van der Waals surface area contributed by atoms with Gasteiger partial charge in [0.05, 0.1) is 8.07 Å². The fourth-order valence-electron chi connectivity index (χ4n) is 4.64. The Morgan fingerprint density at radius 3 is 2.00 bits per heavy atom. The molecular formula is C22H40S2Si. The van der Waals surface area contributed by atoms with E-state index in [1.165, 1.54) is 50.0 Å². The van der Waals surface area contributed by atoms with E-state index in [-0.39, 0.29) is 0 Å². The van der Waals surface area contributed by atoms with E-state index in [2.05, 4.69) is 76.5 Å². The highest BCUT2D eigenvalue weighted by Crippen LogP contribution is 2.48. The van der Waals surface area contributed by atoms with Crippen LogP contribution in [0.15, 0.2) is 22.0 Å². The third-order valence-corrected chi connectivity index (χ3v) is 15.4. The highest BCUT2D eigenvalue weighted by atomic mass is 32.2. The van der Waals surface area contributed by atoms with Gasteiger partial charge in [0.1, 0.15) is 0 Å². The summed E-state index contributed by atoms with van der Waals surface area (Å²) in [5, 5.41) is 0. The SMILES string of the molecule is C/C1=C/CC/C=C(/C)SCC([Si](C)(C)C(C)C2CCCC[C@@H]2C)CS1. The van der Waals surface area contributed by atoms with Gasteiger partial charge in [0.2, 0.25) is 0 Å². The normalized spacial score (nSPS) is 33.5. The average Bonchev–Trinajstić information content (AvgIpc) is 2.61. The lowest BCUT2D eigenvalue weighted by molar-refractivity contribution is 0.245. The molecule has 0 aromatic carbocycles. The van der Waals surface area contributed by atoms with Gasteiger partial charge in [-0.3, -0.25) is 0 Å². The first-order chi connectivity index (χ1) is 11.8. The summed E-state index contributed by atoms with van der Waals surface area (Å²) in [4.78, 5) is 3.10. The average molecular weight is 397 g/mol. The second-order valence-electron chi connectivity index (χ2n) is 9.06. The van der Waals surface area contributed by atoms with Crippen molar-refractivity contribution in [3.05, 3.63) is 22.0 Å². The summed E-state index contributed by atoms with van der Waals surface area (Å²) >= 11 is 4.29. The van der Waals surface area contributed by atoms with Gasteiger partial charge in [-0.25, -0.2) is 0 Å². The van der Waals surface area contributed by atoms with Crippen LogP contribution in [-0.4, -0.2) is 19.6 Å². The molecule has 0 saturated heterocycles. The van der Waals surface area contributed by atoms with Crippen molar-refractivity contribution in [2.24, 2.45) is 11.8 Å².